The second-order valence-corrected chi connectivity index (χ2v) is 12.6. The minimum atomic E-state index is -4.53. The molecule has 1 aliphatic rings. The summed E-state index contributed by atoms with van der Waals surface area (Å²) in [5, 5.41) is 6.62. The van der Waals surface area contributed by atoms with Crippen LogP contribution >= 0.6 is 23.1 Å². The molecule has 43 heavy (non-hydrogen) atoms. The number of amides is 2. The number of para-hydroxylation sites is 1. The average Bonchev–Trinajstić information content (AvgIpc) is 3.66. The molecule has 226 valence electrons. The standard InChI is InChI=1S/C31H30F3N3O4S2/c1-3-41-30(40)26-22-11-7-13-24(22)43-29(26)36-27(38)18(2)42-25-17-37(23-12-5-4-10-21(23)25)15-14-35-28(39)19-8-6-9-20(16-19)31(32,33)34/h4-6,8-10,12,16-18H,3,7,11,13-15H2,1-2H3,(H,35,39)(H,36,38)/t18-/m1/s1. The molecule has 0 saturated carbocycles. The first-order valence-corrected chi connectivity index (χ1v) is 15.6. The van der Waals surface area contributed by atoms with Gasteiger partial charge in [-0.05, 0) is 62.9 Å². The highest BCUT2D eigenvalue weighted by atomic mass is 32.2. The van der Waals surface area contributed by atoms with Crippen LogP contribution in [0.5, 0.6) is 0 Å². The molecule has 2 aromatic heterocycles. The van der Waals surface area contributed by atoms with E-state index in [4.69, 9.17) is 4.74 Å². The molecule has 0 aliphatic heterocycles. The number of aromatic nitrogens is 1. The number of benzene rings is 2. The van der Waals surface area contributed by atoms with Gasteiger partial charge in [-0.3, -0.25) is 9.59 Å². The molecule has 2 N–H and O–H groups in total. The quantitative estimate of drug-likeness (QED) is 0.147. The summed E-state index contributed by atoms with van der Waals surface area (Å²) in [6.07, 6.45) is 0.0221. The molecule has 7 nitrogen and oxygen atoms in total. The van der Waals surface area contributed by atoms with E-state index in [-0.39, 0.29) is 24.6 Å². The minimum Gasteiger partial charge on any atom is -0.462 e. The summed E-state index contributed by atoms with van der Waals surface area (Å²) in [6, 6.07) is 12.0. The fourth-order valence-corrected chi connectivity index (χ4v) is 7.40. The number of ether oxygens (including phenoxy) is 1. The smallest absolute Gasteiger partial charge is 0.416 e. The first-order valence-electron chi connectivity index (χ1n) is 13.9. The normalized spacial score (nSPS) is 13.5. The zero-order chi connectivity index (χ0) is 30.7. The molecule has 2 aromatic carbocycles. The maximum atomic E-state index is 13.3. The lowest BCUT2D eigenvalue weighted by molar-refractivity contribution is -0.137. The molecule has 1 atom stereocenters. The summed E-state index contributed by atoms with van der Waals surface area (Å²) < 4.78 is 46.3. The number of alkyl halides is 3. The van der Waals surface area contributed by atoms with Gasteiger partial charge in [-0.2, -0.15) is 13.2 Å². The van der Waals surface area contributed by atoms with E-state index in [1.807, 2.05) is 35.0 Å². The van der Waals surface area contributed by atoms with Crippen molar-refractivity contribution >= 4 is 56.8 Å². The summed E-state index contributed by atoms with van der Waals surface area (Å²) >= 11 is 2.82. The van der Waals surface area contributed by atoms with Gasteiger partial charge >= 0.3 is 12.1 Å². The van der Waals surface area contributed by atoms with Crippen molar-refractivity contribution < 1.29 is 32.3 Å². The molecule has 0 fully saturated rings. The van der Waals surface area contributed by atoms with E-state index in [2.05, 4.69) is 10.6 Å². The molecule has 0 radical (unpaired) electrons. The number of fused-ring (bicyclic) bond motifs is 2. The van der Waals surface area contributed by atoms with E-state index in [0.717, 1.165) is 57.6 Å². The van der Waals surface area contributed by atoms with Crippen LogP contribution < -0.4 is 10.6 Å². The molecule has 0 unspecified atom stereocenters. The molecule has 2 amide bonds. The highest BCUT2D eigenvalue weighted by molar-refractivity contribution is 8.00. The van der Waals surface area contributed by atoms with Gasteiger partial charge in [0.05, 0.1) is 23.0 Å². The summed E-state index contributed by atoms with van der Waals surface area (Å²) in [5.41, 5.74) is 1.39. The molecule has 0 spiro atoms. The van der Waals surface area contributed by atoms with Crippen molar-refractivity contribution in [3.05, 3.63) is 81.9 Å². The Morgan fingerprint density at radius 2 is 1.91 bits per heavy atom. The third kappa shape index (κ3) is 6.75. The minimum absolute atomic E-state index is 0.0645. The lowest BCUT2D eigenvalue weighted by Gasteiger charge is -2.12. The van der Waals surface area contributed by atoms with Gasteiger partial charge in [0, 0.05) is 45.5 Å². The van der Waals surface area contributed by atoms with E-state index in [9.17, 15) is 27.6 Å². The number of hydrogen-bond donors (Lipinski definition) is 2. The first kappa shape index (κ1) is 30.7. The lowest BCUT2D eigenvalue weighted by Crippen LogP contribution is -2.27. The number of carbonyl (C=O) groups is 3. The molecule has 0 bridgehead atoms. The van der Waals surface area contributed by atoms with E-state index in [1.54, 1.807) is 13.8 Å². The first-order chi connectivity index (χ1) is 20.6. The summed E-state index contributed by atoms with van der Waals surface area (Å²) in [7, 11) is 0. The lowest BCUT2D eigenvalue weighted by atomic mass is 10.1. The van der Waals surface area contributed by atoms with E-state index < -0.39 is 28.9 Å². The molecule has 2 heterocycles. The zero-order valence-corrected chi connectivity index (χ0v) is 25.2. The van der Waals surface area contributed by atoms with Gasteiger partial charge in [-0.15, -0.1) is 23.1 Å². The number of hydrogen-bond acceptors (Lipinski definition) is 6. The summed E-state index contributed by atoms with van der Waals surface area (Å²) in [5.74, 6) is -1.24. The van der Waals surface area contributed by atoms with Crippen molar-refractivity contribution in [3.63, 3.8) is 0 Å². The molecular formula is C31H30F3N3O4S2. The van der Waals surface area contributed by atoms with Gasteiger partial charge in [0.2, 0.25) is 5.91 Å². The maximum Gasteiger partial charge on any atom is 0.416 e. The van der Waals surface area contributed by atoms with E-state index in [0.29, 0.717) is 17.1 Å². The van der Waals surface area contributed by atoms with Crippen LogP contribution in [-0.2, 0) is 35.1 Å². The van der Waals surface area contributed by atoms with E-state index in [1.165, 1.54) is 35.2 Å². The SMILES string of the molecule is CCOC(=O)c1c(NC(=O)[C@@H](C)Sc2cn(CCNC(=O)c3cccc(C(F)(F)F)c3)c3ccccc23)sc2c1CCC2. The van der Waals surface area contributed by atoms with Gasteiger partial charge in [0.25, 0.3) is 5.91 Å². The maximum absolute atomic E-state index is 13.3. The van der Waals surface area contributed by atoms with Crippen LogP contribution in [0.2, 0.25) is 0 Å². The van der Waals surface area contributed by atoms with Gasteiger partial charge in [0.1, 0.15) is 5.00 Å². The monoisotopic (exact) mass is 629 g/mol. The summed E-state index contributed by atoms with van der Waals surface area (Å²) in [6.45, 7) is 4.36. The molecule has 12 heteroatoms. The Hall–Kier alpha value is -3.77. The molecular weight excluding hydrogens is 599 g/mol. The predicted molar refractivity (Wildman–Crippen MR) is 162 cm³/mol. The van der Waals surface area contributed by atoms with Crippen LogP contribution in [0.15, 0.2) is 59.6 Å². The summed E-state index contributed by atoms with van der Waals surface area (Å²) in [4.78, 5) is 40.5. The fraction of sp³-hybridized carbons (Fsp3) is 0.323. The molecule has 5 rings (SSSR count). The van der Waals surface area contributed by atoms with E-state index >= 15 is 0 Å². The van der Waals surface area contributed by atoms with Crippen LogP contribution in [0.3, 0.4) is 0 Å². The number of nitrogens with one attached hydrogen (secondary N) is 2. The van der Waals surface area contributed by atoms with Crippen LogP contribution in [0.1, 0.15) is 57.0 Å². The highest BCUT2D eigenvalue weighted by Crippen LogP contribution is 2.40. The third-order valence-electron chi connectivity index (χ3n) is 7.15. The van der Waals surface area contributed by atoms with Crippen LogP contribution in [0.4, 0.5) is 18.2 Å². The second kappa shape index (κ2) is 12.8. The van der Waals surface area contributed by atoms with Crippen molar-refractivity contribution in [2.75, 3.05) is 18.5 Å². The zero-order valence-electron chi connectivity index (χ0n) is 23.5. The van der Waals surface area contributed by atoms with Crippen molar-refractivity contribution in [2.24, 2.45) is 0 Å². The van der Waals surface area contributed by atoms with Gasteiger partial charge in [-0.1, -0.05) is 24.3 Å². The van der Waals surface area contributed by atoms with Crippen molar-refractivity contribution in [1.29, 1.82) is 0 Å². The Morgan fingerprint density at radius 3 is 2.67 bits per heavy atom. The fourth-order valence-electron chi connectivity index (χ4n) is 5.09. The average molecular weight is 630 g/mol. The Bertz CT molecular complexity index is 1680. The Labute approximate surface area is 254 Å². The van der Waals surface area contributed by atoms with Crippen molar-refractivity contribution in [3.8, 4) is 0 Å². The molecule has 0 saturated heterocycles. The van der Waals surface area contributed by atoms with Crippen molar-refractivity contribution in [1.82, 2.24) is 9.88 Å². The second-order valence-electron chi connectivity index (χ2n) is 10.1. The number of aryl methyl sites for hydroxylation is 1. The van der Waals surface area contributed by atoms with Gasteiger partial charge < -0.3 is 19.9 Å². The largest absolute Gasteiger partial charge is 0.462 e. The number of halogens is 3. The molecule has 1 aliphatic carbocycles. The highest BCUT2D eigenvalue weighted by Gasteiger charge is 2.31. The number of esters is 1. The number of anilines is 1. The number of nitrogens with zero attached hydrogens (tertiary/aromatic N) is 1. The number of rotatable bonds is 10. The van der Waals surface area contributed by atoms with Crippen molar-refractivity contribution in [2.45, 2.75) is 56.0 Å². The molecule has 4 aromatic rings. The van der Waals surface area contributed by atoms with Crippen LogP contribution in [0.25, 0.3) is 10.9 Å². The number of thiophene rings is 1. The Morgan fingerprint density at radius 1 is 1.12 bits per heavy atom. The predicted octanol–water partition coefficient (Wildman–Crippen LogP) is 6.94. The topological polar surface area (TPSA) is 89.4 Å². The Kier molecular flexibility index (Phi) is 9.16. The third-order valence-corrected chi connectivity index (χ3v) is 9.51. The number of carbonyl (C=O) groups excluding carboxylic acids is 3. The van der Waals surface area contributed by atoms with Gasteiger partial charge in [-0.25, -0.2) is 4.79 Å². The van der Waals surface area contributed by atoms with Gasteiger partial charge in [0.15, 0.2) is 0 Å². The van der Waals surface area contributed by atoms with Crippen LogP contribution in [0, 0.1) is 0 Å². The Balaban J connectivity index is 1.26. The van der Waals surface area contributed by atoms with Crippen LogP contribution in [-0.4, -0.2) is 40.8 Å². The number of thioether (sulfide) groups is 1.